The Labute approximate surface area is 228 Å². The van der Waals surface area contributed by atoms with Crippen LogP contribution in [0.5, 0.6) is 0 Å². The van der Waals surface area contributed by atoms with E-state index >= 15 is 0 Å². The molecule has 2 atom stereocenters. The van der Waals surface area contributed by atoms with Gasteiger partial charge in [0.2, 0.25) is 0 Å². The van der Waals surface area contributed by atoms with Gasteiger partial charge in [0.1, 0.15) is 0 Å². The molecule has 0 radical (unpaired) electrons. The second kappa shape index (κ2) is 15.6. The smallest absolute Gasteiger partial charge is 0.445 e. The van der Waals surface area contributed by atoms with Crippen molar-refractivity contribution in [3.63, 3.8) is 0 Å². The van der Waals surface area contributed by atoms with E-state index < -0.39 is 50.1 Å². The molecule has 0 spiro atoms. The zero-order chi connectivity index (χ0) is 29.6. The number of hydrogen-bond acceptors (Lipinski definition) is 7. The van der Waals surface area contributed by atoms with E-state index in [9.17, 15) is 42.0 Å². The van der Waals surface area contributed by atoms with Gasteiger partial charge in [-0.1, -0.05) is 20.8 Å². The van der Waals surface area contributed by atoms with Crippen molar-refractivity contribution in [3.8, 4) is 0 Å². The molecular weight excluding hydrogens is 703 g/mol. The lowest BCUT2D eigenvalue weighted by Crippen LogP contribution is -3.00. The number of halogens is 12. The van der Waals surface area contributed by atoms with Crippen molar-refractivity contribution in [2.75, 3.05) is 39.3 Å². The van der Waals surface area contributed by atoms with Gasteiger partial charge in [-0.05, 0) is 51.6 Å². The summed E-state index contributed by atoms with van der Waals surface area (Å²) < 4.78 is 141. The van der Waals surface area contributed by atoms with E-state index in [2.05, 4.69) is 50.5 Å². The van der Waals surface area contributed by atoms with Gasteiger partial charge >= 0.3 is 45.8 Å². The number of rotatable bonds is 7. The molecule has 2 aliphatic heterocycles. The van der Waals surface area contributed by atoms with Crippen molar-refractivity contribution < 1.29 is 58.6 Å². The van der Waals surface area contributed by atoms with E-state index in [0.29, 0.717) is 0 Å². The summed E-state index contributed by atoms with van der Waals surface area (Å²) in [5.41, 5.74) is 0. The normalized spacial score (nSPS) is 27.9. The Morgan fingerprint density at radius 1 is 0.526 bits per heavy atom. The predicted molar refractivity (Wildman–Crippen MR) is 138 cm³/mol. The molecule has 0 bridgehead atoms. The Morgan fingerprint density at radius 3 is 1.08 bits per heavy atom. The quantitative estimate of drug-likeness (QED) is 0.190. The summed E-state index contributed by atoms with van der Waals surface area (Å²) in [6.45, 7) is 10.2. The molecule has 0 saturated heterocycles. The fourth-order valence-corrected chi connectivity index (χ4v) is 16.0. The summed E-state index contributed by atoms with van der Waals surface area (Å²) in [6.07, 6.45) is 0. The fraction of sp³-hybridized carbons (Fsp3) is 1.00. The monoisotopic (exact) mass is 732 g/mol. The van der Waals surface area contributed by atoms with Crippen LogP contribution < -0.4 is 12.4 Å². The SMILES string of the molecule is CCN(CC)CC.CC[N+](CC)(CC)P1(F)=NP(F)(F)=NP(F)(F)=N1.FP1(F)=NP(F)(F)=NP(F)(Cl)=N1.[Cl-]. The zero-order valence-electron chi connectivity index (χ0n) is 21.0. The summed E-state index contributed by atoms with van der Waals surface area (Å²) in [7, 11) is -27.0. The second-order valence-corrected chi connectivity index (χ2v) is 19.0. The van der Waals surface area contributed by atoms with Crippen molar-refractivity contribution in [1.29, 1.82) is 0 Å². The van der Waals surface area contributed by atoms with Gasteiger partial charge in [-0.15, -0.1) is 64.9 Å². The molecule has 2 aliphatic rings. The Morgan fingerprint density at radius 2 is 0.842 bits per heavy atom. The van der Waals surface area contributed by atoms with Crippen LogP contribution in [0.2, 0.25) is 0 Å². The van der Waals surface area contributed by atoms with E-state index in [-0.39, 0.29) is 32.0 Å². The molecule has 0 aromatic heterocycles. The Kier molecular flexibility index (Phi) is 17.0. The van der Waals surface area contributed by atoms with Crippen LogP contribution in [0.3, 0.4) is 0 Å². The lowest BCUT2D eigenvalue weighted by molar-refractivity contribution is -0.808. The maximum Gasteiger partial charge on any atom is 0.445 e. The first kappa shape index (κ1) is 41.3. The minimum absolute atomic E-state index is 0. The highest BCUT2D eigenvalue weighted by atomic mass is 35.7. The summed E-state index contributed by atoms with van der Waals surface area (Å²) in [5.74, 6) is 0. The third-order valence-electron chi connectivity index (χ3n) is 4.95. The van der Waals surface area contributed by atoms with Crippen LogP contribution in [0.15, 0.2) is 27.1 Å². The van der Waals surface area contributed by atoms with Gasteiger partial charge in [0, 0.05) is 0 Å². The molecule has 0 saturated carbocycles. The third kappa shape index (κ3) is 13.0. The molecule has 0 N–H and O–H groups in total. The van der Waals surface area contributed by atoms with Crippen molar-refractivity contribution in [2.45, 2.75) is 41.5 Å². The molecule has 0 fully saturated rings. The standard InChI is InChI=1S/C6H15F5N4P3.C6H15N.ClF5N3P3.ClH/c1-4-15(5-2,6-3)18(11)13-16(7,8)12-17(9,10)14-18;1-4-7(5-2)6-3;1-10(2)7-11(3,4)9-12(5,6)8-10;/h4-6H2,1-3H3;4-6H2,1-3H3;;1H/q+1;;;/p-1. The van der Waals surface area contributed by atoms with E-state index in [1.807, 2.05) is 9.03 Å². The maximum absolute atomic E-state index is 14.7. The predicted octanol–water partition coefficient (Wildman–Crippen LogP) is 10.8. The zero-order valence-corrected chi connectivity index (χ0v) is 27.9. The fourth-order valence-electron chi connectivity index (χ4n) is 2.95. The van der Waals surface area contributed by atoms with Gasteiger partial charge < -0.3 is 17.3 Å². The van der Waals surface area contributed by atoms with Gasteiger partial charge in [-0.2, -0.15) is 4.20 Å². The van der Waals surface area contributed by atoms with Crippen molar-refractivity contribution in [3.05, 3.63) is 0 Å². The molecule has 2 heterocycles. The van der Waals surface area contributed by atoms with Gasteiger partial charge in [0.15, 0.2) is 0 Å². The minimum Gasteiger partial charge on any atom is -1.00 e. The van der Waals surface area contributed by atoms with E-state index in [1.165, 1.54) is 19.6 Å². The Bertz CT molecular complexity index is 1020. The Hall–Kier alpha value is 1.18. The molecule has 0 amide bonds. The molecule has 26 heteroatoms. The van der Waals surface area contributed by atoms with Crippen LogP contribution >= 0.6 is 57.1 Å². The first-order valence-electron chi connectivity index (χ1n) is 10.6. The highest BCUT2D eigenvalue weighted by molar-refractivity contribution is 7.93. The lowest BCUT2D eigenvalue weighted by atomic mass is 10.5. The summed E-state index contributed by atoms with van der Waals surface area (Å²) in [4.78, 5) is 2.38. The Balaban J connectivity index is 0. The molecule has 0 aromatic rings. The summed E-state index contributed by atoms with van der Waals surface area (Å²) in [6, 6.07) is 0. The molecule has 2 unspecified atom stereocenters. The van der Waals surface area contributed by atoms with Gasteiger partial charge in [0.05, 0.1) is 19.6 Å². The molecular formula is C12H30Cl2F10N8P6. The molecule has 232 valence electrons. The van der Waals surface area contributed by atoms with E-state index in [4.69, 9.17) is 0 Å². The topological polar surface area (TPSA) is 77.4 Å². The maximum atomic E-state index is 14.7. The van der Waals surface area contributed by atoms with Gasteiger partial charge in [0.25, 0.3) is 0 Å². The molecule has 0 aliphatic carbocycles. The highest BCUT2D eigenvalue weighted by Crippen LogP contribution is 2.84. The molecule has 2 rings (SSSR count). The third-order valence-corrected chi connectivity index (χ3v) is 18.5. The largest absolute Gasteiger partial charge is 1.00 e. The summed E-state index contributed by atoms with van der Waals surface area (Å²) in [5, 5.41) is 0. The first-order valence-corrected chi connectivity index (χ1v) is 20.5. The summed E-state index contributed by atoms with van der Waals surface area (Å²) >= 11 is 4.59. The van der Waals surface area contributed by atoms with Crippen molar-refractivity contribution in [1.82, 2.24) is 4.90 Å². The first-order chi connectivity index (χ1) is 16.5. The van der Waals surface area contributed by atoms with Crippen molar-refractivity contribution >= 4 is 57.1 Å². The molecule has 8 nitrogen and oxygen atoms in total. The number of nitrogens with zero attached hydrogens (tertiary/aromatic N) is 8. The van der Waals surface area contributed by atoms with Crippen LogP contribution in [0.1, 0.15) is 41.5 Å². The minimum atomic E-state index is -5.60. The van der Waals surface area contributed by atoms with Crippen LogP contribution in [-0.2, 0) is 0 Å². The van der Waals surface area contributed by atoms with Gasteiger partial charge in [-0.25, -0.2) is 0 Å². The van der Waals surface area contributed by atoms with Crippen LogP contribution in [0.4, 0.5) is 42.0 Å². The van der Waals surface area contributed by atoms with Crippen LogP contribution in [0, 0.1) is 0 Å². The number of quaternary nitrogens is 1. The van der Waals surface area contributed by atoms with Crippen LogP contribution in [-0.4, -0.2) is 48.4 Å². The average Bonchev–Trinajstić information content (AvgIpc) is 2.65. The average molecular weight is 733 g/mol. The molecule has 0 aromatic carbocycles. The lowest BCUT2D eigenvalue weighted by Gasteiger charge is -2.38. The van der Waals surface area contributed by atoms with Crippen molar-refractivity contribution in [2.24, 2.45) is 27.1 Å². The second-order valence-electron chi connectivity index (χ2n) is 6.97. The van der Waals surface area contributed by atoms with E-state index in [0.717, 1.165) is 0 Å². The molecule has 38 heavy (non-hydrogen) atoms. The highest BCUT2D eigenvalue weighted by Gasteiger charge is 2.51. The number of hydrogen-bond donors (Lipinski definition) is 0. The van der Waals surface area contributed by atoms with E-state index in [1.54, 1.807) is 25.3 Å². The van der Waals surface area contributed by atoms with Gasteiger partial charge in [-0.3, -0.25) is 4.25 Å². The van der Waals surface area contributed by atoms with Crippen LogP contribution in [0.25, 0.3) is 0 Å².